The lowest BCUT2D eigenvalue weighted by Crippen LogP contribution is -2.38. The molecule has 2 aromatic rings. The molecule has 1 aliphatic heterocycles. The van der Waals surface area contributed by atoms with Gasteiger partial charge in [0.05, 0.1) is 14.2 Å². The van der Waals surface area contributed by atoms with Crippen LogP contribution in [0.3, 0.4) is 0 Å². The fourth-order valence-electron chi connectivity index (χ4n) is 3.17. The molecule has 0 aliphatic carbocycles. The number of nitrogens with zero attached hydrogens (tertiary/aromatic N) is 1. The third kappa shape index (κ3) is 4.52. The molecule has 0 radical (unpaired) electrons. The summed E-state index contributed by atoms with van der Waals surface area (Å²) < 4.78 is 15.5. The van der Waals surface area contributed by atoms with Gasteiger partial charge in [0.2, 0.25) is 0 Å². The molecule has 146 valence electrons. The smallest absolute Gasteiger partial charge is 0.331 e. The van der Waals surface area contributed by atoms with Gasteiger partial charge in [0.1, 0.15) is 0 Å². The molecule has 1 aliphatic rings. The van der Waals surface area contributed by atoms with Crippen molar-refractivity contribution in [1.29, 1.82) is 0 Å². The molecule has 28 heavy (non-hydrogen) atoms. The average Bonchev–Trinajstić information content (AvgIpc) is 2.75. The highest BCUT2D eigenvalue weighted by molar-refractivity contribution is 5.97. The third-order valence-corrected chi connectivity index (χ3v) is 4.57. The maximum Gasteiger partial charge on any atom is 0.331 e. The minimum absolute atomic E-state index is 0.222. The molecule has 0 unspecified atom stereocenters. The lowest BCUT2D eigenvalue weighted by Gasteiger charge is -2.29. The first-order chi connectivity index (χ1) is 13.6. The summed E-state index contributed by atoms with van der Waals surface area (Å²) in [6, 6.07) is 13.1. The number of amides is 1. The fourth-order valence-corrected chi connectivity index (χ4v) is 3.17. The van der Waals surface area contributed by atoms with Crippen molar-refractivity contribution in [3.8, 4) is 11.5 Å². The van der Waals surface area contributed by atoms with Crippen molar-refractivity contribution in [3.05, 3.63) is 59.7 Å². The van der Waals surface area contributed by atoms with E-state index in [0.29, 0.717) is 18.0 Å². The summed E-state index contributed by atoms with van der Waals surface area (Å²) in [6.45, 7) is 0.346. The highest BCUT2D eigenvalue weighted by Gasteiger charge is 2.22. The maximum atomic E-state index is 12.5. The topological polar surface area (TPSA) is 65.1 Å². The average molecular weight is 381 g/mol. The van der Waals surface area contributed by atoms with Crippen molar-refractivity contribution in [2.75, 3.05) is 32.3 Å². The van der Waals surface area contributed by atoms with Crippen LogP contribution in [0.15, 0.2) is 48.5 Å². The first-order valence-electron chi connectivity index (χ1n) is 9.07. The van der Waals surface area contributed by atoms with E-state index in [-0.39, 0.29) is 12.5 Å². The van der Waals surface area contributed by atoms with Crippen LogP contribution in [-0.4, -0.2) is 39.2 Å². The minimum Gasteiger partial charge on any atom is -0.493 e. The van der Waals surface area contributed by atoms with Crippen LogP contribution in [0.2, 0.25) is 0 Å². The third-order valence-electron chi connectivity index (χ3n) is 4.57. The molecule has 3 rings (SSSR count). The van der Waals surface area contributed by atoms with Crippen LogP contribution in [0, 0.1) is 0 Å². The number of hydrogen-bond acceptors (Lipinski definition) is 5. The van der Waals surface area contributed by atoms with E-state index in [9.17, 15) is 9.59 Å². The monoisotopic (exact) mass is 381 g/mol. The highest BCUT2D eigenvalue weighted by Crippen LogP contribution is 2.28. The van der Waals surface area contributed by atoms with Gasteiger partial charge in [-0.05, 0) is 48.2 Å². The second-order valence-corrected chi connectivity index (χ2v) is 6.33. The molecule has 6 heteroatoms. The minimum atomic E-state index is -0.576. The van der Waals surface area contributed by atoms with Crippen LogP contribution < -0.4 is 14.4 Å². The van der Waals surface area contributed by atoms with Gasteiger partial charge in [-0.1, -0.05) is 24.3 Å². The molecule has 0 fully saturated rings. The van der Waals surface area contributed by atoms with Gasteiger partial charge in [0.25, 0.3) is 5.91 Å². The van der Waals surface area contributed by atoms with Gasteiger partial charge in [0.15, 0.2) is 18.1 Å². The van der Waals surface area contributed by atoms with Crippen LogP contribution in [0.4, 0.5) is 5.69 Å². The Morgan fingerprint density at radius 2 is 1.86 bits per heavy atom. The number of carbonyl (C=O) groups is 2. The van der Waals surface area contributed by atoms with E-state index >= 15 is 0 Å². The van der Waals surface area contributed by atoms with Crippen molar-refractivity contribution in [2.45, 2.75) is 12.8 Å². The van der Waals surface area contributed by atoms with Gasteiger partial charge in [-0.15, -0.1) is 0 Å². The number of para-hydroxylation sites is 1. The predicted octanol–water partition coefficient (Wildman–Crippen LogP) is 3.24. The first kappa shape index (κ1) is 19.5. The second kappa shape index (κ2) is 9.08. The SMILES string of the molecule is COc1ccc(C=CC(=O)OCC(=O)N2CCCc3ccccc32)cc1OC. The Morgan fingerprint density at radius 3 is 2.64 bits per heavy atom. The number of anilines is 1. The zero-order valence-corrected chi connectivity index (χ0v) is 16.0. The quantitative estimate of drug-likeness (QED) is 0.568. The van der Waals surface area contributed by atoms with E-state index in [4.69, 9.17) is 14.2 Å². The molecule has 0 atom stereocenters. The molecule has 0 aromatic heterocycles. The zero-order chi connectivity index (χ0) is 19.9. The predicted molar refractivity (Wildman–Crippen MR) is 107 cm³/mol. The normalized spacial score (nSPS) is 13.1. The molecule has 0 N–H and O–H groups in total. The van der Waals surface area contributed by atoms with E-state index in [1.54, 1.807) is 43.4 Å². The zero-order valence-electron chi connectivity index (χ0n) is 16.0. The van der Waals surface area contributed by atoms with Crippen LogP contribution in [0.25, 0.3) is 6.08 Å². The van der Waals surface area contributed by atoms with E-state index in [2.05, 4.69) is 0 Å². The Kier molecular flexibility index (Phi) is 6.32. The molecule has 2 aromatic carbocycles. The number of fused-ring (bicyclic) bond motifs is 1. The number of benzene rings is 2. The number of carbonyl (C=O) groups excluding carboxylic acids is 2. The Labute approximate surface area is 164 Å². The van der Waals surface area contributed by atoms with Crippen LogP contribution in [0.1, 0.15) is 17.5 Å². The summed E-state index contributed by atoms with van der Waals surface area (Å²) in [5, 5.41) is 0. The second-order valence-electron chi connectivity index (χ2n) is 6.33. The number of ether oxygens (including phenoxy) is 3. The number of rotatable bonds is 6. The van der Waals surface area contributed by atoms with Crippen LogP contribution >= 0.6 is 0 Å². The van der Waals surface area contributed by atoms with Crippen molar-refractivity contribution in [3.63, 3.8) is 0 Å². The standard InChI is InChI=1S/C22H23NO5/c1-26-19-11-9-16(14-20(19)27-2)10-12-22(25)28-15-21(24)23-13-5-7-17-6-3-4-8-18(17)23/h3-4,6,8-12,14H,5,7,13,15H2,1-2H3. The van der Waals surface area contributed by atoms with E-state index in [1.165, 1.54) is 6.08 Å². The van der Waals surface area contributed by atoms with E-state index < -0.39 is 5.97 Å². The molecular weight excluding hydrogens is 358 g/mol. The fraction of sp³-hybridized carbons (Fsp3) is 0.273. The molecule has 6 nitrogen and oxygen atoms in total. The summed E-state index contributed by atoms with van der Waals surface area (Å²) in [5.74, 6) is 0.375. The number of methoxy groups -OCH3 is 2. The molecule has 0 saturated carbocycles. The highest BCUT2D eigenvalue weighted by atomic mass is 16.5. The Morgan fingerprint density at radius 1 is 1.07 bits per heavy atom. The summed E-state index contributed by atoms with van der Waals surface area (Å²) in [5.41, 5.74) is 2.79. The van der Waals surface area contributed by atoms with E-state index in [1.807, 2.05) is 24.3 Å². The molecule has 0 saturated heterocycles. The van der Waals surface area contributed by atoms with Crippen LogP contribution in [-0.2, 0) is 20.7 Å². The van der Waals surface area contributed by atoms with Crippen molar-refractivity contribution >= 4 is 23.6 Å². The maximum absolute atomic E-state index is 12.5. The van der Waals surface area contributed by atoms with Gasteiger partial charge in [0, 0.05) is 18.3 Å². The molecular formula is C22H23NO5. The molecule has 1 amide bonds. The van der Waals surface area contributed by atoms with Gasteiger partial charge >= 0.3 is 5.97 Å². The van der Waals surface area contributed by atoms with Gasteiger partial charge in [-0.25, -0.2) is 4.79 Å². The van der Waals surface area contributed by atoms with Crippen molar-refractivity contribution < 1.29 is 23.8 Å². The van der Waals surface area contributed by atoms with Gasteiger partial charge in [-0.2, -0.15) is 0 Å². The number of esters is 1. The molecule has 0 bridgehead atoms. The molecule has 1 heterocycles. The Hall–Kier alpha value is -3.28. The number of aryl methyl sites for hydroxylation is 1. The first-order valence-corrected chi connectivity index (χ1v) is 9.07. The van der Waals surface area contributed by atoms with Crippen LogP contribution in [0.5, 0.6) is 11.5 Å². The van der Waals surface area contributed by atoms with Gasteiger partial charge in [-0.3, -0.25) is 4.79 Å². The summed E-state index contributed by atoms with van der Waals surface area (Å²) in [6.07, 6.45) is 4.74. The summed E-state index contributed by atoms with van der Waals surface area (Å²) >= 11 is 0. The largest absolute Gasteiger partial charge is 0.493 e. The van der Waals surface area contributed by atoms with Crippen molar-refractivity contribution in [2.24, 2.45) is 0 Å². The lowest BCUT2D eigenvalue weighted by atomic mass is 10.0. The lowest BCUT2D eigenvalue weighted by molar-refractivity contribution is -0.142. The Bertz CT molecular complexity index is 890. The summed E-state index contributed by atoms with van der Waals surface area (Å²) in [4.78, 5) is 26.2. The summed E-state index contributed by atoms with van der Waals surface area (Å²) in [7, 11) is 3.10. The number of hydrogen-bond donors (Lipinski definition) is 0. The van der Waals surface area contributed by atoms with Crippen molar-refractivity contribution in [1.82, 2.24) is 0 Å². The molecule has 0 spiro atoms. The Balaban J connectivity index is 1.57. The van der Waals surface area contributed by atoms with Gasteiger partial charge < -0.3 is 19.1 Å². The van der Waals surface area contributed by atoms with E-state index in [0.717, 1.165) is 29.7 Å².